The minimum Gasteiger partial charge on any atom is -0.482 e. The number of anilines is 1. The zero-order valence-corrected chi connectivity index (χ0v) is 13.3. The Labute approximate surface area is 134 Å². The molecule has 0 atom stereocenters. The van der Waals surface area contributed by atoms with Crippen molar-refractivity contribution in [3.05, 3.63) is 23.3 Å². The van der Waals surface area contributed by atoms with Crippen molar-refractivity contribution in [2.75, 3.05) is 31.2 Å². The SMILES string of the molecule is CCOC(=O)c1cc2c(cc1CC)OCC(=O)N2CCNC=O. The Morgan fingerprint density at radius 2 is 2.22 bits per heavy atom. The van der Waals surface area contributed by atoms with Crippen LogP contribution in [0.5, 0.6) is 5.75 Å². The zero-order chi connectivity index (χ0) is 16.8. The zero-order valence-electron chi connectivity index (χ0n) is 13.3. The smallest absolute Gasteiger partial charge is 0.338 e. The topological polar surface area (TPSA) is 84.9 Å². The molecule has 124 valence electrons. The number of amides is 2. The molecule has 1 aromatic carbocycles. The van der Waals surface area contributed by atoms with Gasteiger partial charge in [0.1, 0.15) is 5.75 Å². The second kappa shape index (κ2) is 7.62. The predicted octanol–water partition coefficient (Wildman–Crippen LogP) is 0.897. The molecule has 7 heteroatoms. The maximum atomic E-state index is 12.1. The van der Waals surface area contributed by atoms with E-state index < -0.39 is 5.97 Å². The van der Waals surface area contributed by atoms with Crippen LogP contribution in [0.25, 0.3) is 0 Å². The number of fused-ring (bicyclic) bond motifs is 1. The Morgan fingerprint density at radius 1 is 1.43 bits per heavy atom. The molecule has 0 spiro atoms. The van der Waals surface area contributed by atoms with Crippen LogP contribution in [0.4, 0.5) is 5.69 Å². The molecule has 23 heavy (non-hydrogen) atoms. The average molecular weight is 320 g/mol. The van der Waals surface area contributed by atoms with Gasteiger partial charge in [0, 0.05) is 13.1 Å². The molecule has 0 aromatic heterocycles. The van der Waals surface area contributed by atoms with E-state index in [1.807, 2.05) is 6.92 Å². The fourth-order valence-electron chi connectivity index (χ4n) is 2.46. The Kier molecular flexibility index (Phi) is 5.56. The van der Waals surface area contributed by atoms with Gasteiger partial charge in [-0.2, -0.15) is 0 Å². The number of nitrogens with one attached hydrogen (secondary N) is 1. The van der Waals surface area contributed by atoms with Crippen LogP contribution in [0, 0.1) is 0 Å². The van der Waals surface area contributed by atoms with Crippen molar-refractivity contribution >= 4 is 24.0 Å². The van der Waals surface area contributed by atoms with Gasteiger partial charge < -0.3 is 19.7 Å². The first-order valence-electron chi connectivity index (χ1n) is 7.56. The molecule has 1 aliphatic rings. The fourth-order valence-corrected chi connectivity index (χ4v) is 2.46. The highest BCUT2D eigenvalue weighted by molar-refractivity contribution is 6.00. The molecule has 1 heterocycles. The van der Waals surface area contributed by atoms with Gasteiger partial charge in [0.05, 0.1) is 17.9 Å². The number of nitrogens with zero attached hydrogens (tertiary/aromatic N) is 1. The Balaban J connectivity index is 2.39. The fraction of sp³-hybridized carbons (Fsp3) is 0.438. The van der Waals surface area contributed by atoms with E-state index in [9.17, 15) is 14.4 Å². The van der Waals surface area contributed by atoms with Crippen LogP contribution >= 0.6 is 0 Å². The maximum Gasteiger partial charge on any atom is 0.338 e. The molecule has 0 saturated heterocycles. The van der Waals surface area contributed by atoms with Crippen molar-refractivity contribution in [1.82, 2.24) is 5.32 Å². The summed E-state index contributed by atoms with van der Waals surface area (Å²) in [6.45, 7) is 4.52. The summed E-state index contributed by atoms with van der Waals surface area (Å²) in [4.78, 5) is 36.1. The van der Waals surface area contributed by atoms with Gasteiger partial charge in [0.25, 0.3) is 5.91 Å². The second-order valence-electron chi connectivity index (χ2n) is 4.96. The van der Waals surface area contributed by atoms with Crippen molar-refractivity contribution < 1.29 is 23.9 Å². The lowest BCUT2D eigenvalue weighted by molar-refractivity contribution is -0.121. The van der Waals surface area contributed by atoms with Crippen LogP contribution in [-0.4, -0.2) is 44.6 Å². The summed E-state index contributed by atoms with van der Waals surface area (Å²) in [5.41, 5.74) is 1.76. The molecule has 2 rings (SSSR count). The third-order valence-corrected chi connectivity index (χ3v) is 3.57. The van der Waals surface area contributed by atoms with Gasteiger partial charge in [0.2, 0.25) is 6.41 Å². The quantitative estimate of drug-likeness (QED) is 0.458. The summed E-state index contributed by atoms with van der Waals surface area (Å²) in [7, 11) is 0. The summed E-state index contributed by atoms with van der Waals surface area (Å²) < 4.78 is 10.6. The number of ether oxygens (including phenoxy) is 2. The number of hydrogen-bond donors (Lipinski definition) is 1. The number of aryl methyl sites for hydroxylation is 1. The van der Waals surface area contributed by atoms with E-state index in [2.05, 4.69) is 5.32 Å². The lowest BCUT2D eigenvalue weighted by Gasteiger charge is -2.30. The van der Waals surface area contributed by atoms with Crippen LogP contribution in [-0.2, 0) is 20.7 Å². The minimum atomic E-state index is -0.420. The highest BCUT2D eigenvalue weighted by Gasteiger charge is 2.28. The predicted molar refractivity (Wildman–Crippen MR) is 83.7 cm³/mol. The minimum absolute atomic E-state index is 0.0595. The molecule has 2 amide bonds. The van der Waals surface area contributed by atoms with Crippen molar-refractivity contribution in [3.8, 4) is 5.75 Å². The molecule has 0 aliphatic carbocycles. The van der Waals surface area contributed by atoms with Crippen LogP contribution < -0.4 is 15.0 Å². The van der Waals surface area contributed by atoms with Crippen molar-refractivity contribution in [2.45, 2.75) is 20.3 Å². The van der Waals surface area contributed by atoms with E-state index >= 15 is 0 Å². The lowest BCUT2D eigenvalue weighted by atomic mass is 10.0. The standard InChI is InChI=1S/C16H20N2O5/c1-3-11-7-14-13(8-12(11)16(21)22-4-2)18(6-5-17-10-19)15(20)9-23-14/h7-8,10H,3-6,9H2,1-2H3,(H,17,19). The van der Waals surface area contributed by atoms with Crippen LogP contribution in [0.3, 0.4) is 0 Å². The average Bonchev–Trinajstić information content (AvgIpc) is 2.56. The summed E-state index contributed by atoms with van der Waals surface area (Å²) >= 11 is 0. The maximum absolute atomic E-state index is 12.1. The summed E-state index contributed by atoms with van der Waals surface area (Å²) in [6, 6.07) is 3.40. The number of carbonyl (C=O) groups excluding carboxylic acids is 3. The first-order chi connectivity index (χ1) is 11.1. The molecule has 7 nitrogen and oxygen atoms in total. The van der Waals surface area contributed by atoms with E-state index in [0.29, 0.717) is 42.9 Å². The molecule has 1 aliphatic heterocycles. The van der Waals surface area contributed by atoms with Crippen LogP contribution in [0.15, 0.2) is 12.1 Å². The highest BCUT2D eigenvalue weighted by Crippen LogP contribution is 2.35. The summed E-state index contributed by atoms with van der Waals surface area (Å²) in [5.74, 6) is -0.0824. The lowest BCUT2D eigenvalue weighted by Crippen LogP contribution is -2.42. The monoisotopic (exact) mass is 320 g/mol. The number of hydrogen-bond acceptors (Lipinski definition) is 5. The third-order valence-electron chi connectivity index (χ3n) is 3.57. The van der Waals surface area contributed by atoms with Crippen molar-refractivity contribution in [3.63, 3.8) is 0 Å². The number of rotatable bonds is 7. The van der Waals surface area contributed by atoms with E-state index in [1.54, 1.807) is 19.1 Å². The van der Waals surface area contributed by atoms with Gasteiger partial charge in [-0.3, -0.25) is 9.59 Å². The van der Waals surface area contributed by atoms with Crippen LogP contribution in [0.2, 0.25) is 0 Å². The van der Waals surface area contributed by atoms with Gasteiger partial charge in [-0.05, 0) is 31.0 Å². The molecule has 1 N–H and O–H groups in total. The molecule has 0 saturated carbocycles. The van der Waals surface area contributed by atoms with Crippen molar-refractivity contribution in [1.29, 1.82) is 0 Å². The number of esters is 1. The van der Waals surface area contributed by atoms with Gasteiger partial charge >= 0.3 is 5.97 Å². The molecule has 0 unspecified atom stereocenters. The first-order valence-corrected chi connectivity index (χ1v) is 7.56. The molecule has 0 radical (unpaired) electrons. The Morgan fingerprint density at radius 3 is 2.87 bits per heavy atom. The summed E-state index contributed by atoms with van der Waals surface area (Å²) in [6.07, 6.45) is 1.22. The Hall–Kier alpha value is -2.57. The largest absolute Gasteiger partial charge is 0.482 e. The van der Waals surface area contributed by atoms with Gasteiger partial charge in [-0.25, -0.2) is 4.79 Å². The summed E-state index contributed by atoms with van der Waals surface area (Å²) in [5, 5.41) is 2.52. The Bertz CT molecular complexity index is 615. The molecule has 0 bridgehead atoms. The number of carbonyl (C=O) groups is 3. The van der Waals surface area contributed by atoms with Gasteiger partial charge in [0.15, 0.2) is 6.61 Å². The van der Waals surface area contributed by atoms with E-state index in [-0.39, 0.29) is 19.1 Å². The van der Waals surface area contributed by atoms with Crippen LogP contribution in [0.1, 0.15) is 29.8 Å². The van der Waals surface area contributed by atoms with Crippen molar-refractivity contribution in [2.24, 2.45) is 0 Å². The normalized spacial score (nSPS) is 13.1. The molecular weight excluding hydrogens is 300 g/mol. The first kappa shape index (κ1) is 16.8. The molecule has 0 fully saturated rings. The van der Waals surface area contributed by atoms with Gasteiger partial charge in [-0.15, -0.1) is 0 Å². The third kappa shape index (κ3) is 3.61. The second-order valence-corrected chi connectivity index (χ2v) is 4.96. The highest BCUT2D eigenvalue weighted by atomic mass is 16.5. The van der Waals surface area contributed by atoms with E-state index in [4.69, 9.17) is 9.47 Å². The number of benzene rings is 1. The van der Waals surface area contributed by atoms with Gasteiger partial charge in [-0.1, -0.05) is 6.92 Å². The molecular formula is C16H20N2O5. The van der Waals surface area contributed by atoms with E-state index in [0.717, 1.165) is 5.56 Å². The van der Waals surface area contributed by atoms with E-state index in [1.165, 1.54) is 4.90 Å². The molecule has 1 aromatic rings.